The van der Waals surface area contributed by atoms with Crippen LogP contribution in [-0.4, -0.2) is 50.9 Å². The molecule has 10 heteroatoms. The van der Waals surface area contributed by atoms with Crippen LogP contribution < -0.4 is 9.80 Å². The largest absolute Gasteiger partial charge is 0.440 e. The van der Waals surface area contributed by atoms with Gasteiger partial charge in [0.05, 0.1) is 12.2 Å². The Hall–Kier alpha value is -3.14. The number of rotatable bonds is 3. The van der Waals surface area contributed by atoms with Gasteiger partial charge in [0.2, 0.25) is 0 Å². The van der Waals surface area contributed by atoms with Crippen LogP contribution in [0.4, 0.5) is 20.7 Å². The summed E-state index contributed by atoms with van der Waals surface area (Å²) in [4.78, 5) is 20.4. The van der Waals surface area contributed by atoms with E-state index in [1.54, 1.807) is 12.1 Å². The van der Waals surface area contributed by atoms with Crippen LogP contribution in [0.3, 0.4) is 0 Å². The van der Waals surface area contributed by atoms with Crippen LogP contribution in [0.25, 0.3) is 10.7 Å². The second-order valence-electron chi connectivity index (χ2n) is 7.53. The molecular formula is C20H19FN6O2S. The highest BCUT2D eigenvalue weighted by Crippen LogP contribution is 2.36. The second-order valence-corrected chi connectivity index (χ2v) is 8.28. The molecule has 1 amide bonds. The summed E-state index contributed by atoms with van der Waals surface area (Å²) in [6, 6.07) is 9.85. The van der Waals surface area contributed by atoms with Gasteiger partial charge in [-0.1, -0.05) is 6.07 Å². The molecule has 2 aliphatic heterocycles. The Labute approximate surface area is 176 Å². The molecule has 1 aromatic carbocycles. The van der Waals surface area contributed by atoms with E-state index in [9.17, 15) is 9.18 Å². The maximum Gasteiger partial charge on any atom is 0.415 e. The highest BCUT2D eigenvalue weighted by molar-refractivity contribution is 7.09. The molecule has 2 aromatic heterocycles. The van der Waals surface area contributed by atoms with Crippen LogP contribution in [-0.2, 0) is 4.74 Å². The number of hydrogen-bond donors (Lipinski definition) is 0. The van der Waals surface area contributed by atoms with Gasteiger partial charge in [0.15, 0.2) is 10.8 Å². The Morgan fingerprint density at radius 2 is 2.00 bits per heavy atom. The number of amides is 1. The number of carbonyl (C=O) groups is 1. The molecular weight excluding hydrogens is 407 g/mol. The first-order valence-corrected chi connectivity index (χ1v) is 10.4. The number of halogens is 1. The average molecular weight is 426 g/mol. The van der Waals surface area contributed by atoms with Gasteiger partial charge < -0.3 is 9.64 Å². The van der Waals surface area contributed by atoms with Crippen LogP contribution in [0.5, 0.6) is 0 Å². The summed E-state index contributed by atoms with van der Waals surface area (Å²) in [6.45, 7) is 3.65. The molecule has 0 atom stereocenters. The third-order valence-electron chi connectivity index (χ3n) is 5.49. The Morgan fingerprint density at radius 1 is 1.17 bits per heavy atom. The summed E-state index contributed by atoms with van der Waals surface area (Å²) in [5, 5.41) is 9.38. The Morgan fingerprint density at radius 3 is 2.67 bits per heavy atom. The van der Waals surface area contributed by atoms with E-state index in [0.29, 0.717) is 43.9 Å². The molecule has 1 spiro atoms. The molecule has 0 aliphatic carbocycles. The number of ether oxygens (including phenoxy) is 1. The maximum absolute atomic E-state index is 13.6. The fourth-order valence-electron chi connectivity index (χ4n) is 3.88. The number of anilines is 2. The zero-order valence-corrected chi connectivity index (χ0v) is 17.1. The van der Waals surface area contributed by atoms with Crippen LogP contribution in [0.2, 0.25) is 0 Å². The molecule has 0 unspecified atom stereocenters. The lowest BCUT2D eigenvalue weighted by molar-refractivity contribution is 0.0365. The standard InChI is InChI=1S/C20H19FN6O2S/c1-13-22-18(30-25-13)16-5-6-17(24-23-16)26-9-7-20(8-10-26)12-27(19(28)29-20)15-4-2-3-14(21)11-15/h2-6,11H,7-10,12H2,1H3. The fraction of sp³-hybridized carbons (Fsp3) is 0.350. The predicted octanol–water partition coefficient (Wildman–Crippen LogP) is 3.44. The number of carbonyl (C=O) groups excluding carboxylic acids is 1. The number of piperidine rings is 1. The van der Waals surface area contributed by atoms with Crippen LogP contribution in [0, 0.1) is 12.7 Å². The van der Waals surface area contributed by atoms with Crippen molar-refractivity contribution in [1.82, 2.24) is 19.6 Å². The number of hydrogen-bond acceptors (Lipinski definition) is 8. The van der Waals surface area contributed by atoms with Crippen molar-refractivity contribution in [1.29, 1.82) is 0 Å². The topological polar surface area (TPSA) is 84.3 Å². The van der Waals surface area contributed by atoms with E-state index in [4.69, 9.17) is 4.74 Å². The van der Waals surface area contributed by atoms with Crippen molar-refractivity contribution in [3.05, 3.63) is 48.0 Å². The molecule has 0 saturated carbocycles. The van der Waals surface area contributed by atoms with Crippen LogP contribution >= 0.6 is 11.5 Å². The van der Waals surface area contributed by atoms with E-state index >= 15 is 0 Å². The molecule has 2 saturated heterocycles. The van der Waals surface area contributed by atoms with Crippen molar-refractivity contribution < 1.29 is 13.9 Å². The molecule has 0 N–H and O–H groups in total. The van der Waals surface area contributed by atoms with Crippen LogP contribution in [0.15, 0.2) is 36.4 Å². The van der Waals surface area contributed by atoms with Crippen molar-refractivity contribution >= 4 is 29.1 Å². The first-order chi connectivity index (χ1) is 14.5. The van der Waals surface area contributed by atoms with Gasteiger partial charge in [0, 0.05) is 25.9 Å². The maximum atomic E-state index is 13.6. The van der Waals surface area contributed by atoms with E-state index < -0.39 is 11.7 Å². The van der Waals surface area contributed by atoms with Gasteiger partial charge in [0.1, 0.15) is 22.9 Å². The molecule has 0 bridgehead atoms. The van der Waals surface area contributed by atoms with E-state index in [0.717, 1.165) is 16.6 Å². The Bertz CT molecular complexity index is 1080. The Balaban J connectivity index is 1.26. The summed E-state index contributed by atoms with van der Waals surface area (Å²) in [7, 11) is 0. The Kier molecular flexibility index (Phi) is 4.58. The zero-order valence-electron chi connectivity index (χ0n) is 16.3. The third kappa shape index (κ3) is 3.47. The van der Waals surface area contributed by atoms with Crippen molar-refractivity contribution in [3.63, 3.8) is 0 Å². The monoisotopic (exact) mass is 426 g/mol. The minimum atomic E-state index is -0.558. The molecule has 2 aliphatic rings. The van der Waals surface area contributed by atoms with Gasteiger partial charge in [-0.2, -0.15) is 4.37 Å². The summed E-state index contributed by atoms with van der Waals surface area (Å²) in [6.07, 6.45) is 0.915. The van der Waals surface area contributed by atoms with Gasteiger partial charge >= 0.3 is 6.09 Å². The lowest BCUT2D eigenvalue weighted by atomic mass is 9.91. The van der Waals surface area contributed by atoms with Crippen molar-refractivity contribution in [2.75, 3.05) is 29.4 Å². The lowest BCUT2D eigenvalue weighted by Crippen LogP contribution is -2.47. The first kappa shape index (κ1) is 18.9. The smallest absolute Gasteiger partial charge is 0.415 e. The number of aryl methyl sites for hydroxylation is 1. The fourth-order valence-corrected chi connectivity index (χ4v) is 4.51. The van der Waals surface area contributed by atoms with E-state index in [1.807, 2.05) is 19.1 Å². The third-order valence-corrected chi connectivity index (χ3v) is 6.32. The van der Waals surface area contributed by atoms with E-state index in [-0.39, 0.29) is 5.82 Å². The molecule has 30 heavy (non-hydrogen) atoms. The normalized spacial score (nSPS) is 18.1. The number of nitrogens with zero attached hydrogens (tertiary/aromatic N) is 6. The molecule has 0 radical (unpaired) electrons. The SMILES string of the molecule is Cc1nsc(-c2ccc(N3CCC4(CC3)CN(c3cccc(F)c3)C(=O)O4)nn2)n1. The quantitative estimate of drug-likeness (QED) is 0.634. The van der Waals surface area contributed by atoms with E-state index in [2.05, 4.69) is 24.5 Å². The molecule has 5 rings (SSSR count). The minimum absolute atomic E-state index is 0.373. The zero-order chi connectivity index (χ0) is 20.7. The van der Waals surface area contributed by atoms with Gasteiger partial charge in [-0.25, -0.2) is 14.2 Å². The lowest BCUT2D eigenvalue weighted by Gasteiger charge is -2.37. The van der Waals surface area contributed by atoms with E-state index in [1.165, 1.54) is 28.6 Å². The summed E-state index contributed by atoms with van der Waals surface area (Å²) in [5.74, 6) is 1.13. The van der Waals surface area contributed by atoms with Gasteiger partial charge in [0.25, 0.3) is 0 Å². The van der Waals surface area contributed by atoms with Crippen molar-refractivity contribution in [2.45, 2.75) is 25.4 Å². The molecule has 154 valence electrons. The average Bonchev–Trinajstić information content (AvgIpc) is 3.32. The molecule has 4 heterocycles. The van der Waals surface area contributed by atoms with Crippen molar-refractivity contribution in [3.8, 4) is 10.7 Å². The summed E-state index contributed by atoms with van der Waals surface area (Å²) in [5.41, 5.74) is 0.665. The first-order valence-electron chi connectivity index (χ1n) is 9.67. The van der Waals surface area contributed by atoms with Crippen LogP contribution in [0.1, 0.15) is 18.7 Å². The summed E-state index contributed by atoms with van der Waals surface area (Å²) < 4.78 is 23.5. The highest BCUT2D eigenvalue weighted by atomic mass is 32.1. The minimum Gasteiger partial charge on any atom is -0.440 e. The predicted molar refractivity (Wildman–Crippen MR) is 110 cm³/mol. The molecule has 2 fully saturated rings. The van der Waals surface area contributed by atoms with Gasteiger partial charge in [-0.3, -0.25) is 4.90 Å². The van der Waals surface area contributed by atoms with Crippen molar-refractivity contribution in [2.24, 2.45) is 0 Å². The second kappa shape index (κ2) is 7.28. The number of benzene rings is 1. The molecule has 3 aromatic rings. The number of aromatic nitrogens is 4. The molecule has 8 nitrogen and oxygen atoms in total. The van der Waals surface area contributed by atoms with Gasteiger partial charge in [-0.15, -0.1) is 10.2 Å². The summed E-state index contributed by atoms with van der Waals surface area (Å²) >= 11 is 1.30. The highest BCUT2D eigenvalue weighted by Gasteiger charge is 2.47. The van der Waals surface area contributed by atoms with Gasteiger partial charge in [-0.05, 0) is 48.8 Å².